The van der Waals surface area contributed by atoms with Crippen LogP contribution >= 0.6 is 0 Å². The minimum Gasteiger partial charge on any atom is -0.480 e. The summed E-state index contributed by atoms with van der Waals surface area (Å²) in [6.45, 7) is 1.47. The Morgan fingerprint density at radius 2 is 1.79 bits per heavy atom. The number of aliphatic carboxylic acids is 1. The number of carboxylic acid groups (broad SMARTS) is 1. The highest BCUT2D eigenvalue weighted by atomic mass is 16.4. The van der Waals surface area contributed by atoms with E-state index in [0.717, 1.165) is 10.5 Å². The van der Waals surface area contributed by atoms with Crippen LogP contribution in [0.15, 0.2) is 24.3 Å². The number of nitrogens with zero attached hydrogens (tertiary/aromatic N) is 2. The lowest BCUT2D eigenvalue weighted by Crippen LogP contribution is -2.44. The fourth-order valence-corrected chi connectivity index (χ4v) is 1.58. The molecule has 0 aliphatic carbocycles. The predicted octanol–water partition coefficient (Wildman–Crippen LogP) is 0.930. The normalized spacial score (nSPS) is 10.1. The van der Waals surface area contributed by atoms with Gasteiger partial charge in [-0.3, -0.25) is 9.69 Å². The van der Waals surface area contributed by atoms with E-state index in [-0.39, 0.29) is 13.2 Å². The van der Waals surface area contributed by atoms with Crippen LogP contribution in [0.4, 0.5) is 10.5 Å². The number of carbonyl (C=O) groups excluding carboxylic acids is 1. The quantitative estimate of drug-likeness (QED) is 0.830. The molecule has 6 heteroatoms. The van der Waals surface area contributed by atoms with Crippen LogP contribution in [0.5, 0.6) is 0 Å². The molecular formula is C13H18N2O4. The summed E-state index contributed by atoms with van der Waals surface area (Å²) in [7, 11) is 1.52. The average molecular weight is 266 g/mol. The number of hydrogen-bond acceptors (Lipinski definition) is 3. The zero-order chi connectivity index (χ0) is 14.4. The molecule has 0 heterocycles. The molecule has 0 fully saturated rings. The maximum absolute atomic E-state index is 12.1. The van der Waals surface area contributed by atoms with Crippen molar-refractivity contribution in [1.29, 1.82) is 0 Å². The van der Waals surface area contributed by atoms with Crippen molar-refractivity contribution in [1.82, 2.24) is 4.90 Å². The topological polar surface area (TPSA) is 81.1 Å². The van der Waals surface area contributed by atoms with Gasteiger partial charge in [-0.05, 0) is 19.1 Å². The molecule has 0 radical (unpaired) electrons. The molecule has 6 nitrogen and oxygen atoms in total. The molecule has 0 aromatic heterocycles. The summed E-state index contributed by atoms with van der Waals surface area (Å²) in [6.07, 6.45) is 0. The standard InChI is InChI=1S/C13H18N2O4/c1-10-3-5-11(6-4-10)15(9-12(17)18)13(19)14(2)7-8-16/h3-6,16H,7-9H2,1-2H3,(H,17,18). The van der Waals surface area contributed by atoms with E-state index in [9.17, 15) is 9.59 Å². The van der Waals surface area contributed by atoms with Crippen molar-refractivity contribution in [2.24, 2.45) is 0 Å². The molecule has 1 aromatic carbocycles. The molecule has 19 heavy (non-hydrogen) atoms. The molecule has 0 saturated heterocycles. The number of hydrogen-bond donors (Lipinski definition) is 2. The summed E-state index contributed by atoms with van der Waals surface area (Å²) in [4.78, 5) is 25.4. The lowest BCUT2D eigenvalue weighted by Gasteiger charge is -2.26. The Morgan fingerprint density at radius 1 is 1.21 bits per heavy atom. The molecule has 0 aliphatic heterocycles. The van der Waals surface area contributed by atoms with E-state index < -0.39 is 18.5 Å². The maximum Gasteiger partial charge on any atom is 0.324 e. The Balaban J connectivity index is 2.97. The number of aliphatic hydroxyl groups is 1. The molecule has 0 atom stereocenters. The maximum atomic E-state index is 12.1. The number of anilines is 1. The lowest BCUT2D eigenvalue weighted by molar-refractivity contribution is -0.135. The summed E-state index contributed by atoms with van der Waals surface area (Å²) in [5.41, 5.74) is 1.54. The minimum atomic E-state index is -1.09. The molecule has 2 amide bonds. The van der Waals surface area contributed by atoms with Gasteiger partial charge in [-0.2, -0.15) is 0 Å². The van der Waals surface area contributed by atoms with Gasteiger partial charge in [0.25, 0.3) is 0 Å². The van der Waals surface area contributed by atoms with Crippen LogP contribution in [0.2, 0.25) is 0 Å². The number of aryl methyl sites for hydroxylation is 1. The number of urea groups is 1. The summed E-state index contributed by atoms with van der Waals surface area (Å²) >= 11 is 0. The van der Waals surface area contributed by atoms with Crippen molar-refractivity contribution in [3.8, 4) is 0 Å². The molecule has 0 saturated carbocycles. The van der Waals surface area contributed by atoms with E-state index >= 15 is 0 Å². The number of carbonyl (C=O) groups is 2. The van der Waals surface area contributed by atoms with Gasteiger partial charge in [0.1, 0.15) is 6.54 Å². The first-order valence-electron chi connectivity index (χ1n) is 5.87. The first kappa shape index (κ1) is 15.0. The monoisotopic (exact) mass is 266 g/mol. The van der Waals surface area contributed by atoms with Gasteiger partial charge in [0.05, 0.1) is 6.61 Å². The van der Waals surface area contributed by atoms with E-state index in [2.05, 4.69) is 0 Å². The Kier molecular flexibility index (Phi) is 5.32. The first-order valence-corrected chi connectivity index (χ1v) is 5.87. The zero-order valence-electron chi connectivity index (χ0n) is 11.0. The van der Waals surface area contributed by atoms with Crippen LogP contribution in [-0.4, -0.2) is 53.9 Å². The number of aliphatic hydroxyl groups excluding tert-OH is 1. The molecule has 0 spiro atoms. The second-order valence-corrected chi connectivity index (χ2v) is 4.24. The molecule has 0 aliphatic rings. The third-order valence-electron chi connectivity index (χ3n) is 2.63. The molecular weight excluding hydrogens is 248 g/mol. The van der Waals surface area contributed by atoms with Gasteiger partial charge < -0.3 is 15.1 Å². The fourth-order valence-electron chi connectivity index (χ4n) is 1.58. The van der Waals surface area contributed by atoms with Crippen LogP contribution in [0.1, 0.15) is 5.56 Å². The molecule has 1 rings (SSSR count). The van der Waals surface area contributed by atoms with Crippen molar-refractivity contribution in [2.45, 2.75) is 6.92 Å². The van der Waals surface area contributed by atoms with Crippen molar-refractivity contribution in [3.63, 3.8) is 0 Å². The van der Waals surface area contributed by atoms with E-state index in [4.69, 9.17) is 10.2 Å². The Morgan fingerprint density at radius 3 is 2.26 bits per heavy atom. The average Bonchev–Trinajstić information content (AvgIpc) is 2.36. The van der Waals surface area contributed by atoms with Crippen LogP contribution < -0.4 is 4.90 Å². The van der Waals surface area contributed by atoms with Gasteiger partial charge in [0, 0.05) is 19.3 Å². The summed E-state index contributed by atoms with van der Waals surface area (Å²) in [5, 5.41) is 17.7. The van der Waals surface area contributed by atoms with Crippen LogP contribution in [-0.2, 0) is 4.79 Å². The Hall–Kier alpha value is -2.08. The molecule has 0 bridgehead atoms. The van der Waals surface area contributed by atoms with E-state index in [0.29, 0.717) is 5.69 Å². The van der Waals surface area contributed by atoms with Gasteiger partial charge in [-0.1, -0.05) is 17.7 Å². The third kappa shape index (κ3) is 4.26. The number of carboxylic acids is 1. The first-order chi connectivity index (χ1) is 8.95. The van der Waals surface area contributed by atoms with Gasteiger partial charge in [0.2, 0.25) is 0 Å². The lowest BCUT2D eigenvalue weighted by atomic mass is 10.2. The van der Waals surface area contributed by atoms with Crippen molar-refractivity contribution < 1.29 is 19.8 Å². The summed E-state index contributed by atoms with van der Waals surface area (Å²) < 4.78 is 0. The van der Waals surface area contributed by atoms with E-state index in [1.54, 1.807) is 12.1 Å². The Bertz CT molecular complexity index is 444. The van der Waals surface area contributed by atoms with E-state index in [1.165, 1.54) is 11.9 Å². The largest absolute Gasteiger partial charge is 0.480 e. The number of amides is 2. The predicted molar refractivity (Wildman–Crippen MR) is 71.3 cm³/mol. The third-order valence-corrected chi connectivity index (χ3v) is 2.63. The highest BCUT2D eigenvalue weighted by molar-refractivity contribution is 5.96. The summed E-state index contributed by atoms with van der Waals surface area (Å²) in [6, 6.07) is 6.55. The minimum absolute atomic E-state index is 0.154. The summed E-state index contributed by atoms with van der Waals surface area (Å²) in [5.74, 6) is -1.09. The van der Waals surface area contributed by atoms with Crippen LogP contribution in [0.3, 0.4) is 0 Å². The van der Waals surface area contributed by atoms with Crippen molar-refractivity contribution >= 4 is 17.7 Å². The molecule has 0 unspecified atom stereocenters. The van der Waals surface area contributed by atoms with Gasteiger partial charge >= 0.3 is 12.0 Å². The Labute approximate surface area is 111 Å². The fraction of sp³-hybridized carbons (Fsp3) is 0.385. The van der Waals surface area contributed by atoms with E-state index in [1.807, 2.05) is 19.1 Å². The van der Waals surface area contributed by atoms with Crippen LogP contribution in [0, 0.1) is 6.92 Å². The molecule has 1 aromatic rings. The SMILES string of the molecule is Cc1ccc(N(CC(=O)O)C(=O)N(C)CCO)cc1. The van der Waals surface area contributed by atoms with Gasteiger partial charge in [-0.25, -0.2) is 4.79 Å². The highest BCUT2D eigenvalue weighted by Crippen LogP contribution is 2.16. The second kappa shape index (κ2) is 6.75. The van der Waals surface area contributed by atoms with Crippen molar-refractivity contribution in [3.05, 3.63) is 29.8 Å². The van der Waals surface area contributed by atoms with Crippen molar-refractivity contribution in [2.75, 3.05) is 31.6 Å². The highest BCUT2D eigenvalue weighted by Gasteiger charge is 2.21. The molecule has 2 N–H and O–H groups in total. The second-order valence-electron chi connectivity index (χ2n) is 4.24. The smallest absolute Gasteiger partial charge is 0.324 e. The number of benzene rings is 1. The van der Waals surface area contributed by atoms with Crippen LogP contribution in [0.25, 0.3) is 0 Å². The number of rotatable bonds is 5. The molecule has 104 valence electrons. The zero-order valence-corrected chi connectivity index (χ0v) is 11.0. The van der Waals surface area contributed by atoms with Gasteiger partial charge in [0.15, 0.2) is 0 Å². The number of likely N-dealkylation sites (N-methyl/N-ethyl adjacent to an activating group) is 1. The van der Waals surface area contributed by atoms with Gasteiger partial charge in [-0.15, -0.1) is 0 Å².